The Morgan fingerprint density at radius 2 is 1.90 bits per heavy atom. The third-order valence-electron chi connectivity index (χ3n) is 5.71. The zero-order chi connectivity index (χ0) is 30.5. The summed E-state index contributed by atoms with van der Waals surface area (Å²) in [7, 11) is 0. The molecule has 0 spiro atoms. The maximum Gasteiger partial charge on any atom is 0.430 e. The second-order valence-corrected chi connectivity index (χ2v) is 9.10. The first kappa shape index (κ1) is 30.9. The van der Waals surface area contributed by atoms with Crippen LogP contribution in [0.3, 0.4) is 0 Å². The number of ether oxygens (including phenoxy) is 2. The Morgan fingerprint density at radius 1 is 1.22 bits per heavy atom. The van der Waals surface area contributed by atoms with E-state index in [9.17, 15) is 27.2 Å². The van der Waals surface area contributed by atoms with E-state index in [0.29, 0.717) is 28.4 Å². The molecular weight excluding hydrogens is 558 g/mol. The number of amides is 1. The number of nitrogens with zero attached hydrogens (tertiary/aromatic N) is 4. The third-order valence-corrected chi connectivity index (χ3v) is 5.71. The molecule has 1 aromatic carbocycles. The van der Waals surface area contributed by atoms with Crippen LogP contribution in [0.2, 0.25) is 0 Å². The molecule has 1 amide bonds. The van der Waals surface area contributed by atoms with Crippen molar-refractivity contribution in [2.75, 3.05) is 18.1 Å². The van der Waals surface area contributed by atoms with Gasteiger partial charge in [-0.2, -0.15) is 13.2 Å². The molecule has 1 saturated heterocycles. The summed E-state index contributed by atoms with van der Waals surface area (Å²) < 4.78 is 62.3. The monoisotopic (exact) mass is 583 g/mol. The Bertz CT molecular complexity index is 1400. The molecule has 0 radical (unpaired) electrons. The number of esters is 1. The van der Waals surface area contributed by atoms with Crippen molar-refractivity contribution in [1.82, 2.24) is 15.2 Å². The second-order valence-electron chi connectivity index (χ2n) is 9.10. The standard InChI is InChI=1S/C23H24FN5O5.C2HF3O2/c1-12(2)20(25)22(30)32-11-16-10-29(23(31)34-16)15-5-6-17(18(24)8-15)14-4-7-19(26-9-14)21-28-27-13(3)33-21;3-2(4,5)1(6)7/h4-9,12,16,20H,10-11,25H2,1-3H3;(H,6,7)/t16-,20+;/m1./s1. The van der Waals surface area contributed by atoms with E-state index in [0.717, 1.165) is 0 Å². The van der Waals surface area contributed by atoms with Gasteiger partial charge in [-0.05, 0) is 24.3 Å². The minimum absolute atomic E-state index is 0.0334. The smallest absolute Gasteiger partial charge is 0.430 e. The van der Waals surface area contributed by atoms with Crippen molar-refractivity contribution in [2.45, 2.75) is 39.1 Å². The zero-order valence-electron chi connectivity index (χ0n) is 22.0. The van der Waals surface area contributed by atoms with Gasteiger partial charge in [-0.25, -0.2) is 14.0 Å². The number of rotatable bonds is 7. The molecule has 220 valence electrons. The van der Waals surface area contributed by atoms with Crippen LogP contribution in [0.25, 0.3) is 22.7 Å². The lowest BCUT2D eigenvalue weighted by Crippen LogP contribution is -2.67. The lowest BCUT2D eigenvalue weighted by atomic mass is 10.1. The minimum atomic E-state index is -5.19. The quantitative estimate of drug-likeness (QED) is 0.318. The molecule has 1 aliphatic heterocycles. The van der Waals surface area contributed by atoms with Crippen molar-refractivity contribution < 1.29 is 56.7 Å². The summed E-state index contributed by atoms with van der Waals surface area (Å²) >= 11 is 0. The second kappa shape index (κ2) is 12.7. The molecule has 1 aliphatic rings. The largest absolute Gasteiger partial charge is 0.542 e. The van der Waals surface area contributed by atoms with Crippen molar-refractivity contribution in [3.63, 3.8) is 0 Å². The predicted molar refractivity (Wildman–Crippen MR) is 129 cm³/mol. The van der Waals surface area contributed by atoms with Crippen molar-refractivity contribution in [3.8, 4) is 22.7 Å². The van der Waals surface area contributed by atoms with E-state index in [1.165, 1.54) is 17.2 Å². The molecule has 12 nitrogen and oxygen atoms in total. The van der Waals surface area contributed by atoms with Gasteiger partial charge in [-0.15, -0.1) is 10.2 Å². The number of anilines is 1. The fourth-order valence-electron chi connectivity index (χ4n) is 3.36. The number of benzene rings is 1. The van der Waals surface area contributed by atoms with Gasteiger partial charge in [0.05, 0.1) is 12.2 Å². The zero-order valence-corrected chi connectivity index (χ0v) is 22.0. The molecule has 2 aromatic heterocycles. The number of alkyl halides is 3. The van der Waals surface area contributed by atoms with E-state index < -0.39 is 42.2 Å². The lowest BCUT2D eigenvalue weighted by Gasteiger charge is -2.15. The Morgan fingerprint density at radius 3 is 2.41 bits per heavy atom. The Labute approximate surface area is 230 Å². The number of aromatic nitrogens is 3. The first-order valence-corrected chi connectivity index (χ1v) is 12.0. The highest BCUT2D eigenvalue weighted by molar-refractivity contribution is 5.90. The highest BCUT2D eigenvalue weighted by Gasteiger charge is 2.34. The summed E-state index contributed by atoms with van der Waals surface area (Å²) in [6.45, 7) is 5.46. The summed E-state index contributed by atoms with van der Waals surface area (Å²) in [6, 6.07) is 7.29. The molecule has 0 bridgehead atoms. The maximum absolute atomic E-state index is 14.9. The molecule has 2 atom stereocenters. The van der Waals surface area contributed by atoms with Gasteiger partial charge in [0.2, 0.25) is 5.89 Å². The van der Waals surface area contributed by atoms with E-state index in [1.54, 1.807) is 31.2 Å². The van der Waals surface area contributed by atoms with Crippen molar-refractivity contribution in [2.24, 2.45) is 5.92 Å². The highest BCUT2D eigenvalue weighted by atomic mass is 19.4. The molecule has 1 fully saturated rings. The number of cyclic esters (lactones) is 1. The summed E-state index contributed by atoms with van der Waals surface area (Å²) in [4.78, 5) is 38.7. The van der Waals surface area contributed by atoms with Crippen LogP contribution in [0.15, 0.2) is 40.9 Å². The molecule has 41 heavy (non-hydrogen) atoms. The van der Waals surface area contributed by atoms with Crippen LogP contribution in [0.5, 0.6) is 0 Å². The van der Waals surface area contributed by atoms with E-state index in [4.69, 9.17) is 23.8 Å². The molecule has 3 aromatic rings. The van der Waals surface area contributed by atoms with Gasteiger partial charge in [0.25, 0.3) is 5.89 Å². The number of carbonyl (C=O) groups is 3. The van der Waals surface area contributed by atoms with E-state index in [2.05, 4.69) is 20.9 Å². The van der Waals surface area contributed by atoms with Gasteiger partial charge in [0.15, 0.2) is 12.1 Å². The van der Waals surface area contributed by atoms with Crippen molar-refractivity contribution in [1.29, 1.82) is 0 Å². The highest BCUT2D eigenvalue weighted by Crippen LogP contribution is 2.30. The van der Waals surface area contributed by atoms with Crippen LogP contribution in [0, 0.1) is 18.7 Å². The van der Waals surface area contributed by atoms with Gasteiger partial charge >= 0.3 is 18.2 Å². The van der Waals surface area contributed by atoms with Crippen molar-refractivity contribution >= 4 is 23.7 Å². The van der Waals surface area contributed by atoms with E-state index in [1.807, 2.05) is 13.8 Å². The topological polar surface area (TPSA) is 175 Å². The normalized spacial score (nSPS) is 15.7. The fourth-order valence-corrected chi connectivity index (χ4v) is 3.36. The Balaban J connectivity index is 0.000000587. The van der Waals surface area contributed by atoms with E-state index >= 15 is 0 Å². The van der Waals surface area contributed by atoms with Crippen LogP contribution in [0.1, 0.15) is 19.7 Å². The molecule has 16 heteroatoms. The van der Waals surface area contributed by atoms with Gasteiger partial charge in [-0.1, -0.05) is 19.9 Å². The number of carbonyl (C=O) groups excluding carboxylic acids is 3. The van der Waals surface area contributed by atoms with Crippen LogP contribution in [0.4, 0.5) is 28.0 Å². The molecule has 3 heterocycles. The Hall–Kier alpha value is -4.60. The average molecular weight is 583 g/mol. The van der Waals surface area contributed by atoms with Gasteiger partial charge in [0, 0.05) is 30.2 Å². The summed E-state index contributed by atoms with van der Waals surface area (Å²) in [6.07, 6.45) is -4.97. The van der Waals surface area contributed by atoms with Gasteiger partial charge in [-0.3, -0.25) is 9.88 Å². The number of carboxylic acid groups (broad SMARTS) is 1. The number of halogens is 4. The molecule has 0 unspecified atom stereocenters. The number of aliphatic carboxylic acids is 1. The molecule has 0 aliphatic carbocycles. The summed E-state index contributed by atoms with van der Waals surface area (Å²) in [5, 5.41) is 16.5. The molecular formula is C25H25F4N5O7. The van der Waals surface area contributed by atoms with E-state index in [-0.39, 0.29) is 25.0 Å². The number of carboxylic acids is 1. The minimum Gasteiger partial charge on any atom is -0.542 e. The maximum atomic E-state index is 14.9. The van der Waals surface area contributed by atoms with Crippen LogP contribution >= 0.6 is 0 Å². The molecule has 3 N–H and O–H groups in total. The lowest BCUT2D eigenvalue weighted by molar-refractivity contribution is -0.418. The summed E-state index contributed by atoms with van der Waals surface area (Å²) in [5.41, 5.74) is 5.45. The molecule has 4 rings (SSSR count). The number of aryl methyl sites for hydroxylation is 1. The number of hydrogen-bond donors (Lipinski definition) is 1. The van der Waals surface area contributed by atoms with Crippen LogP contribution < -0.4 is 15.7 Å². The number of hydrogen-bond acceptors (Lipinski definition) is 10. The van der Waals surface area contributed by atoms with Crippen molar-refractivity contribution in [3.05, 3.63) is 48.2 Å². The molecule has 0 saturated carbocycles. The Kier molecular flexibility index (Phi) is 9.59. The summed E-state index contributed by atoms with van der Waals surface area (Å²) in [5.74, 6) is -3.25. The van der Waals surface area contributed by atoms with Gasteiger partial charge < -0.3 is 29.5 Å². The SMILES string of the molecule is Cc1nnc(-c2ccc(-c3ccc(N4C[C@H](COC(=O)[C@@H]([NH3+])C(C)C)OC4=O)cc3F)cn2)o1.O=C([O-])C(F)(F)F. The van der Waals surface area contributed by atoms with Crippen LogP contribution in [-0.4, -0.2) is 64.7 Å². The fraction of sp³-hybridized carbons (Fsp3) is 0.360. The third kappa shape index (κ3) is 7.97. The first-order valence-electron chi connectivity index (χ1n) is 12.0. The first-order chi connectivity index (χ1) is 19.2. The average Bonchev–Trinajstić information content (AvgIpc) is 3.51. The number of quaternary nitrogens is 1. The predicted octanol–water partition coefficient (Wildman–Crippen LogP) is 1.68. The van der Waals surface area contributed by atoms with Gasteiger partial charge in [0.1, 0.15) is 24.1 Å². The van der Waals surface area contributed by atoms with Crippen LogP contribution in [-0.2, 0) is 19.1 Å². The number of pyridine rings is 1.